The Morgan fingerprint density at radius 1 is 1.15 bits per heavy atom. The summed E-state index contributed by atoms with van der Waals surface area (Å²) in [6.07, 6.45) is 4.39. The number of hydrogen-bond donors (Lipinski definition) is 0. The van der Waals surface area contributed by atoms with Crippen LogP contribution in [0.4, 0.5) is 0 Å². The van der Waals surface area contributed by atoms with Crippen LogP contribution in [0.2, 0.25) is 0 Å². The topological polar surface area (TPSA) is 71.3 Å². The van der Waals surface area contributed by atoms with E-state index >= 15 is 0 Å². The van der Waals surface area contributed by atoms with Crippen molar-refractivity contribution in [2.75, 3.05) is 26.2 Å². The maximum absolute atomic E-state index is 13.0. The Morgan fingerprint density at radius 2 is 1.88 bits per heavy atom. The van der Waals surface area contributed by atoms with Crippen molar-refractivity contribution in [3.8, 4) is 0 Å². The maximum atomic E-state index is 13.0. The van der Waals surface area contributed by atoms with Gasteiger partial charge < -0.3 is 0 Å². The van der Waals surface area contributed by atoms with Crippen molar-refractivity contribution in [1.29, 1.82) is 0 Å². The molecule has 7 nitrogen and oxygen atoms in total. The van der Waals surface area contributed by atoms with Gasteiger partial charge in [-0.25, -0.2) is 8.42 Å². The summed E-state index contributed by atoms with van der Waals surface area (Å²) >= 11 is 0. The van der Waals surface area contributed by atoms with Crippen molar-refractivity contribution < 1.29 is 8.42 Å². The molecule has 0 aliphatic carbocycles. The lowest BCUT2D eigenvalue weighted by Crippen LogP contribution is -2.48. The van der Waals surface area contributed by atoms with Crippen molar-refractivity contribution in [2.45, 2.75) is 45.2 Å². The Kier molecular flexibility index (Phi) is 5.74. The number of aromatic nitrogens is 3. The summed E-state index contributed by atoms with van der Waals surface area (Å²) in [6.45, 7) is 9.75. The summed E-state index contributed by atoms with van der Waals surface area (Å²) < 4.78 is 29.3. The van der Waals surface area contributed by atoms with Gasteiger partial charge in [-0.2, -0.15) is 9.40 Å². The highest BCUT2D eigenvalue weighted by atomic mass is 32.2. The van der Waals surface area contributed by atoms with E-state index in [1.807, 2.05) is 13.0 Å². The van der Waals surface area contributed by atoms with Gasteiger partial charge in [0.1, 0.15) is 4.90 Å². The summed E-state index contributed by atoms with van der Waals surface area (Å²) in [7, 11) is -3.49. The third kappa shape index (κ3) is 3.97. The molecule has 0 bridgehead atoms. The average molecular weight is 378 g/mol. The van der Waals surface area contributed by atoms with E-state index in [1.165, 1.54) is 5.56 Å². The number of hydrogen-bond acceptors (Lipinski definition) is 5. The van der Waals surface area contributed by atoms with Crippen LogP contribution in [-0.4, -0.2) is 58.6 Å². The molecule has 8 heteroatoms. The van der Waals surface area contributed by atoms with Gasteiger partial charge in [0.2, 0.25) is 10.0 Å². The molecular formula is C18H27N5O2S. The van der Waals surface area contributed by atoms with E-state index in [0.717, 1.165) is 25.2 Å². The summed E-state index contributed by atoms with van der Waals surface area (Å²) in [5.74, 6) is 0. The van der Waals surface area contributed by atoms with Gasteiger partial charge in [-0.15, -0.1) is 0 Å². The minimum absolute atomic E-state index is 0.333. The van der Waals surface area contributed by atoms with E-state index in [2.05, 4.69) is 28.0 Å². The van der Waals surface area contributed by atoms with Gasteiger partial charge in [-0.05, 0) is 31.9 Å². The molecule has 0 N–H and O–H groups in total. The minimum atomic E-state index is -3.49. The molecule has 0 aromatic carbocycles. The molecule has 0 atom stereocenters. The first kappa shape index (κ1) is 19.0. The Morgan fingerprint density at radius 3 is 2.54 bits per heavy atom. The predicted octanol–water partition coefficient (Wildman–Crippen LogP) is 1.81. The average Bonchev–Trinajstić information content (AvgIpc) is 2.99. The predicted molar refractivity (Wildman–Crippen MR) is 100 cm³/mol. The van der Waals surface area contributed by atoms with Crippen LogP contribution in [0.25, 0.3) is 0 Å². The Hall–Kier alpha value is -1.77. The van der Waals surface area contributed by atoms with E-state index in [1.54, 1.807) is 28.3 Å². The molecule has 3 heterocycles. The molecule has 1 aliphatic rings. The summed E-state index contributed by atoms with van der Waals surface area (Å²) in [4.78, 5) is 7.03. The first-order chi connectivity index (χ1) is 12.4. The Bertz CT molecular complexity index is 854. The first-order valence-electron chi connectivity index (χ1n) is 9.09. The van der Waals surface area contributed by atoms with Gasteiger partial charge in [0.25, 0.3) is 0 Å². The number of aryl methyl sites for hydroxylation is 3. The largest absolute Gasteiger partial charge is 0.295 e. The molecule has 1 saturated heterocycles. The standard InChI is InChI=1S/C18H27N5O2S/c1-4-8-22-14-18(16(3)20-22)26(24,25)23-11-9-21(10-12-23)13-17-15(2)6-5-7-19-17/h5-7,14H,4,8-13H2,1-3H3. The lowest BCUT2D eigenvalue weighted by atomic mass is 10.2. The first-order valence-corrected chi connectivity index (χ1v) is 10.5. The van der Waals surface area contributed by atoms with E-state index < -0.39 is 10.0 Å². The second-order valence-electron chi connectivity index (χ2n) is 6.79. The normalized spacial score (nSPS) is 16.9. The van der Waals surface area contributed by atoms with E-state index in [9.17, 15) is 8.42 Å². The fourth-order valence-electron chi connectivity index (χ4n) is 3.26. The van der Waals surface area contributed by atoms with Crippen LogP contribution in [0, 0.1) is 13.8 Å². The van der Waals surface area contributed by atoms with E-state index in [-0.39, 0.29) is 0 Å². The molecule has 2 aromatic rings. The SMILES string of the molecule is CCCn1cc(S(=O)(=O)N2CCN(Cc3ncccc3C)CC2)c(C)n1. The second-order valence-corrected chi connectivity index (χ2v) is 8.70. The van der Waals surface area contributed by atoms with Crippen LogP contribution in [0.3, 0.4) is 0 Å². The fraction of sp³-hybridized carbons (Fsp3) is 0.556. The highest BCUT2D eigenvalue weighted by Crippen LogP contribution is 2.21. The zero-order valence-electron chi connectivity index (χ0n) is 15.7. The molecule has 0 unspecified atom stereocenters. The smallest absolute Gasteiger partial charge is 0.246 e. The molecule has 3 rings (SSSR count). The molecule has 2 aromatic heterocycles. The van der Waals surface area contributed by atoms with Gasteiger partial charge >= 0.3 is 0 Å². The van der Waals surface area contributed by atoms with Crippen molar-refractivity contribution in [2.24, 2.45) is 0 Å². The lowest BCUT2D eigenvalue weighted by molar-refractivity contribution is 0.179. The van der Waals surface area contributed by atoms with Crippen molar-refractivity contribution in [3.63, 3.8) is 0 Å². The number of rotatable bonds is 6. The monoisotopic (exact) mass is 377 g/mol. The summed E-state index contributed by atoms with van der Waals surface area (Å²) in [5.41, 5.74) is 2.80. The minimum Gasteiger partial charge on any atom is -0.295 e. The molecule has 0 radical (unpaired) electrons. The van der Waals surface area contributed by atoms with Crippen LogP contribution in [0.1, 0.15) is 30.3 Å². The highest BCUT2D eigenvalue weighted by Gasteiger charge is 2.31. The lowest BCUT2D eigenvalue weighted by Gasteiger charge is -2.33. The zero-order chi connectivity index (χ0) is 18.7. The van der Waals surface area contributed by atoms with Crippen molar-refractivity contribution in [3.05, 3.63) is 41.5 Å². The second kappa shape index (κ2) is 7.85. The number of sulfonamides is 1. The van der Waals surface area contributed by atoms with Crippen LogP contribution >= 0.6 is 0 Å². The van der Waals surface area contributed by atoms with E-state index in [0.29, 0.717) is 36.8 Å². The third-order valence-electron chi connectivity index (χ3n) is 4.79. The van der Waals surface area contributed by atoms with Crippen molar-refractivity contribution >= 4 is 10.0 Å². The molecular weight excluding hydrogens is 350 g/mol. The van der Waals surface area contributed by atoms with Crippen LogP contribution in [0.15, 0.2) is 29.4 Å². The third-order valence-corrected chi connectivity index (χ3v) is 6.80. The quantitative estimate of drug-likeness (QED) is 0.768. The zero-order valence-corrected chi connectivity index (χ0v) is 16.5. The molecule has 0 amide bonds. The summed E-state index contributed by atoms with van der Waals surface area (Å²) in [6, 6.07) is 3.99. The van der Waals surface area contributed by atoms with Crippen LogP contribution < -0.4 is 0 Å². The number of piperazine rings is 1. The molecule has 0 spiro atoms. The number of pyridine rings is 1. The maximum Gasteiger partial charge on any atom is 0.246 e. The van der Waals surface area contributed by atoms with Gasteiger partial charge in [0.15, 0.2) is 0 Å². The summed E-state index contributed by atoms with van der Waals surface area (Å²) in [5, 5.41) is 4.33. The Balaban J connectivity index is 1.66. The van der Waals surface area contributed by atoms with Gasteiger partial charge in [0.05, 0.1) is 11.4 Å². The highest BCUT2D eigenvalue weighted by molar-refractivity contribution is 7.89. The van der Waals surface area contributed by atoms with E-state index in [4.69, 9.17) is 0 Å². The van der Waals surface area contributed by atoms with Gasteiger partial charge in [0, 0.05) is 51.7 Å². The molecule has 1 fully saturated rings. The van der Waals surface area contributed by atoms with Gasteiger partial charge in [-0.1, -0.05) is 13.0 Å². The van der Waals surface area contributed by atoms with Gasteiger partial charge in [-0.3, -0.25) is 14.6 Å². The Labute approximate surface area is 155 Å². The fourth-order valence-corrected chi connectivity index (χ4v) is 4.85. The molecule has 0 saturated carbocycles. The van der Waals surface area contributed by atoms with Crippen molar-refractivity contribution in [1.82, 2.24) is 24.0 Å². The molecule has 142 valence electrons. The van der Waals surface area contributed by atoms with Crippen LogP contribution in [-0.2, 0) is 23.1 Å². The molecule has 26 heavy (non-hydrogen) atoms. The molecule has 1 aliphatic heterocycles. The number of nitrogens with zero attached hydrogens (tertiary/aromatic N) is 5. The van der Waals surface area contributed by atoms with Crippen LogP contribution in [0.5, 0.6) is 0 Å².